The molecule has 6 atom stereocenters. The largest absolute Gasteiger partial charge is 0.393 e. The van der Waals surface area contributed by atoms with Crippen molar-refractivity contribution in [2.75, 3.05) is 0 Å². The predicted molar refractivity (Wildman–Crippen MR) is 151 cm³/mol. The second kappa shape index (κ2) is 9.89. The van der Waals surface area contributed by atoms with Crippen molar-refractivity contribution in [2.45, 2.75) is 109 Å². The highest BCUT2D eigenvalue weighted by Crippen LogP contribution is 2.62. The van der Waals surface area contributed by atoms with Crippen LogP contribution in [0.5, 0.6) is 0 Å². The molecule has 1 aromatic heterocycles. The van der Waals surface area contributed by atoms with Crippen LogP contribution in [0.4, 0.5) is 0 Å². The quantitative estimate of drug-likeness (QED) is 0.369. The van der Waals surface area contributed by atoms with Crippen molar-refractivity contribution in [3.8, 4) is 0 Å². The average Bonchev–Trinajstić information content (AvgIpc) is 3.40. The van der Waals surface area contributed by atoms with E-state index in [4.69, 9.17) is 4.98 Å². The van der Waals surface area contributed by atoms with Crippen LogP contribution in [0.15, 0.2) is 53.0 Å². The van der Waals surface area contributed by atoms with Crippen molar-refractivity contribution in [3.63, 3.8) is 0 Å². The lowest BCUT2D eigenvalue weighted by Crippen LogP contribution is -2.39. The molecule has 4 saturated carbocycles. The zero-order valence-corrected chi connectivity index (χ0v) is 23.9. The molecule has 0 spiro atoms. The highest BCUT2D eigenvalue weighted by molar-refractivity contribution is 7.09. The van der Waals surface area contributed by atoms with Gasteiger partial charge in [0.25, 0.3) is 0 Å². The van der Waals surface area contributed by atoms with Gasteiger partial charge in [-0.2, -0.15) is 0 Å². The van der Waals surface area contributed by atoms with E-state index >= 15 is 0 Å². The Morgan fingerprint density at radius 2 is 1.95 bits per heavy atom. The van der Waals surface area contributed by atoms with Crippen LogP contribution in [0.3, 0.4) is 0 Å². The number of allylic oxidation sites excluding steroid dienone is 4. The summed E-state index contributed by atoms with van der Waals surface area (Å²) in [7, 11) is 0. The Morgan fingerprint density at radius 1 is 1.19 bits per heavy atom. The maximum Gasteiger partial charge on any atom is 0.102 e. The molecule has 0 radical (unpaired) electrons. The first-order valence-corrected chi connectivity index (χ1v) is 15.1. The third kappa shape index (κ3) is 4.97. The second-order valence-corrected chi connectivity index (χ2v) is 14.0. The van der Waals surface area contributed by atoms with Gasteiger partial charge in [0.15, 0.2) is 0 Å². The zero-order valence-electron chi connectivity index (χ0n) is 23.0. The number of aliphatic hydroxyl groups excluding tert-OH is 3. The van der Waals surface area contributed by atoms with Crippen LogP contribution in [-0.4, -0.2) is 38.6 Å². The first-order chi connectivity index (χ1) is 17.5. The Bertz CT molecular complexity index is 1120. The van der Waals surface area contributed by atoms with Gasteiger partial charge in [-0.15, -0.1) is 11.3 Å². The number of fused-ring (bicyclic) bond motifs is 1. The summed E-state index contributed by atoms with van der Waals surface area (Å²) < 4.78 is 0. The number of hydrogen-bond donors (Lipinski definition) is 3. The average molecular weight is 524 g/mol. The van der Waals surface area contributed by atoms with Crippen LogP contribution in [0.1, 0.15) is 89.3 Å². The summed E-state index contributed by atoms with van der Waals surface area (Å²) in [5.41, 5.74) is 4.36. The fraction of sp³-hybridized carbons (Fsp3) is 0.656. The topological polar surface area (TPSA) is 73.6 Å². The van der Waals surface area contributed by atoms with Crippen molar-refractivity contribution in [3.05, 3.63) is 63.7 Å². The van der Waals surface area contributed by atoms with E-state index in [0.717, 1.165) is 41.1 Å². The summed E-state index contributed by atoms with van der Waals surface area (Å²) in [6, 6.07) is 0. The van der Waals surface area contributed by atoms with Gasteiger partial charge in [-0.05, 0) is 92.1 Å². The van der Waals surface area contributed by atoms with E-state index in [1.807, 2.05) is 6.92 Å². The van der Waals surface area contributed by atoms with Crippen molar-refractivity contribution < 1.29 is 15.3 Å². The Hall–Kier alpha value is -1.53. The summed E-state index contributed by atoms with van der Waals surface area (Å²) in [4.78, 5) is 4.71. The van der Waals surface area contributed by atoms with E-state index < -0.39 is 18.3 Å². The molecular weight excluding hydrogens is 478 g/mol. The first-order valence-electron chi connectivity index (χ1n) is 14.2. The molecule has 4 aliphatic rings. The van der Waals surface area contributed by atoms with Crippen molar-refractivity contribution in [1.82, 2.24) is 4.98 Å². The smallest absolute Gasteiger partial charge is 0.102 e. The number of aromatic nitrogens is 1. The molecule has 37 heavy (non-hydrogen) atoms. The molecule has 0 saturated heterocycles. The zero-order chi connectivity index (χ0) is 26.6. The van der Waals surface area contributed by atoms with Crippen LogP contribution >= 0.6 is 11.3 Å². The number of hydrogen-bond acceptors (Lipinski definition) is 5. The molecule has 0 aliphatic heterocycles. The fourth-order valence-corrected chi connectivity index (χ4v) is 9.01. The first kappa shape index (κ1) is 27.1. The van der Waals surface area contributed by atoms with Gasteiger partial charge in [-0.1, -0.05) is 57.2 Å². The van der Waals surface area contributed by atoms with E-state index in [1.165, 1.54) is 31.3 Å². The molecule has 1 heterocycles. The Labute approximate surface area is 226 Å². The maximum atomic E-state index is 11.2. The molecule has 3 N–H and O–H groups in total. The van der Waals surface area contributed by atoms with Crippen molar-refractivity contribution in [1.29, 1.82) is 0 Å². The van der Waals surface area contributed by atoms with Crippen LogP contribution in [0, 0.1) is 29.6 Å². The fourth-order valence-electron chi connectivity index (χ4n) is 7.92. The Kier molecular flexibility index (Phi) is 7.23. The molecule has 4 nitrogen and oxygen atoms in total. The monoisotopic (exact) mass is 523 g/mol. The molecule has 1 aromatic rings. The molecule has 5 rings (SSSR count). The normalized spacial score (nSPS) is 36.9. The molecule has 0 aromatic carbocycles. The van der Waals surface area contributed by atoms with Crippen LogP contribution < -0.4 is 0 Å². The van der Waals surface area contributed by atoms with E-state index in [0.29, 0.717) is 24.7 Å². The predicted octanol–water partition coefficient (Wildman–Crippen LogP) is 6.57. The minimum atomic E-state index is -0.641. The van der Waals surface area contributed by atoms with Crippen LogP contribution in [-0.2, 0) is 5.41 Å². The molecule has 202 valence electrons. The van der Waals surface area contributed by atoms with Crippen molar-refractivity contribution >= 4 is 11.3 Å². The van der Waals surface area contributed by atoms with Gasteiger partial charge in [0.1, 0.15) is 5.01 Å². The van der Waals surface area contributed by atoms with E-state index in [2.05, 4.69) is 57.0 Å². The van der Waals surface area contributed by atoms with E-state index in [-0.39, 0.29) is 16.2 Å². The van der Waals surface area contributed by atoms with E-state index in [1.54, 1.807) is 11.3 Å². The summed E-state index contributed by atoms with van der Waals surface area (Å²) >= 11 is 1.69. The third-order valence-electron chi connectivity index (χ3n) is 10.2. The lowest BCUT2D eigenvalue weighted by atomic mass is 9.57. The summed E-state index contributed by atoms with van der Waals surface area (Å²) in [6.07, 6.45) is 16.1. The number of aryl methyl sites for hydroxylation is 1. The van der Waals surface area contributed by atoms with Gasteiger partial charge < -0.3 is 15.3 Å². The molecule has 4 fully saturated rings. The van der Waals surface area contributed by atoms with Gasteiger partial charge in [0.05, 0.1) is 23.7 Å². The maximum absolute atomic E-state index is 11.2. The highest BCUT2D eigenvalue weighted by atomic mass is 32.1. The lowest BCUT2D eigenvalue weighted by molar-refractivity contribution is 0.0706. The van der Waals surface area contributed by atoms with Gasteiger partial charge in [-0.25, -0.2) is 4.98 Å². The van der Waals surface area contributed by atoms with Gasteiger partial charge in [0.2, 0.25) is 0 Å². The number of aliphatic hydroxyl groups is 3. The molecular formula is C32H45NO3S. The number of thiazole rings is 1. The lowest BCUT2D eigenvalue weighted by Gasteiger charge is -2.47. The van der Waals surface area contributed by atoms with Gasteiger partial charge >= 0.3 is 0 Å². The Balaban J connectivity index is 1.33. The third-order valence-corrected chi connectivity index (χ3v) is 11.4. The summed E-state index contributed by atoms with van der Waals surface area (Å²) in [5.74, 6) is 1.11. The number of nitrogens with zero attached hydrogens (tertiary/aromatic N) is 1. The molecule has 5 heteroatoms. The summed E-state index contributed by atoms with van der Waals surface area (Å²) in [6.45, 7) is 13.3. The molecule has 0 bridgehead atoms. The minimum Gasteiger partial charge on any atom is -0.393 e. The van der Waals surface area contributed by atoms with Crippen LogP contribution in [0.2, 0.25) is 0 Å². The van der Waals surface area contributed by atoms with E-state index in [9.17, 15) is 15.3 Å². The van der Waals surface area contributed by atoms with Gasteiger partial charge in [-0.3, -0.25) is 0 Å². The minimum absolute atomic E-state index is 0.00779. The molecule has 0 unspecified atom stereocenters. The van der Waals surface area contributed by atoms with Gasteiger partial charge in [0, 0.05) is 17.5 Å². The Morgan fingerprint density at radius 3 is 2.62 bits per heavy atom. The summed E-state index contributed by atoms with van der Waals surface area (Å²) in [5, 5.41) is 34.8. The number of rotatable bonds is 6. The molecule has 4 aliphatic carbocycles. The second-order valence-electron chi connectivity index (χ2n) is 13.2. The van der Waals surface area contributed by atoms with Crippen LogP contribution in [0.25, 0.3) is 0 Å². The standard InChI is InChI=1S/C32H45NO3S/c1-20-19-37-29(33-20)32(15-16-32)28(36)12-14-30(3,4)27-11-10-25-22(7-6-13-31(25,27)5)8-9-23-17-24(34)18-26(35)21(23)2/h8-9,12,14,19,24-28,34-36H,2,6-7,10-11,13,15-18H2,1,3-5H3/b14-12+,22-8+,23-9-/t24-,25+,26+,27-,28+,31+/m1/s1. The van der Waals surface area contributed by atoms with Crippen molar-refractivity contribution in [2.24, 2.45) is 22.7 Å². The molecule has 0 amide bonds. The highest BCUT2D eigenvalue weighted by Gasteiger charge is 2.54. The SMILES string of the molecule is C=C1/C(=C\C=C2/CCC[C@]3(C)[C@@H](C(C)(C)/C=C/[C@H](O)C4(c5nc(C)cs5)CC4)CC[C@@H]23)C[C@@H](O)C[C@@H]1O.